The molecule has 0 aromatic heterocycles. The SMILES string of the molecule is CCCCCCCCS(=O)C(C)Cc1ccc2c(c1)OCO2.NC(N)=S. The first-order valence-electron chi connectivity index (χ1n) is 9.24. The maximum atomic E-state index is 12.3. The average molecular weight is 401 g/mol. The second-order valence-electron chi connectivity index (χ2n) is 6.46. The molecular weight excluding hydrogens is 368 g/mol. The summed E-state index contributed by atoms with van der Waals surface area (Å²) in [5.41, 5.74) is 10.4. The summed E-state index contributed by atoms with van der Waals surface area (Å²) in [5.74, 6) is 2.45. The van der Waals surface area contributed by atoms with Gasteiger partial charge in [0.1, 0.15) is 0 Å². The summed E-state index contributed by atoms with van der Waals surface area (Å²) in [6.45, 7) is 4.61. The van der Waals surface area contributed by atoms with Gasteiger partial charge in [-0.3, -0.25) is 4.21 Å². The van der Waals surface area contributed by atoms with Crippen LogP contribution >= 0.6 is 12.2 Å². The minimum absolute atomic E-state index is 0.000000000000000222. The molecule has 2 atom stereocenters. The third-order valence-electron chi connectivity index (χ3n) is 4.11. The molecule has 7 heteroatoms. The Morgan fingerprint density at radius 1 is 1.15 bits per heavy atom. The average Bonchev–Trinajstić information content (AvgIpc) is 3.05. The lowest BCUT2D eigenvalue weighted by Crippen LogP contribution is -2.18. The first-order chi connectivity index (χ1) is 12.4. The smallest absolute Gasteiger partial charge is 0.231 e. The molecule has 26 heavy (non-hydrogen) atoms. The van der Waals surface area contributed by atoms with Gasteiger partial charge in [-0.25, -0.2) is 0 Å². The van der Waals surface area contributed by atoms with Crippen molar-refractivity contribution in [2.75, 3.05) is 12.5 Å². The van der Waals surface area contributed by atoms with Crippen LogP contribution in [-0.2, 0) is 17.2 Å². The van der Waals surface area contributed by atoms with E-state index >= 15 is 0 Å². The first-order valence-corrected chi connectivity index (χ1v) is 11.0. The Kier molecular flexibility index (Phi) is 11.3. The Balaban J connectivity index is 0.000000765. The molecular formula is C19H32N2O3S2. The number of benzene rings is 1. The van der Waals surface area contributed by atoms with Gasteiger partial charge in [-0.15, -0.1) is 0 Å². The molecule has 5 nitrogen and oxygen atoms in total. The Labute approximate surface area is 165 Å². The van der Waals surface area contributed by atoms with E-state index in [0.717, 1.165) is 30.1 Å². The largest absolute Gasteiger partial charge is 0.454 e. The van der Waals surface area contributed by atoms with Crippen LogP contribution < -0.4 is 20.9 Å². The van der Waals surface area contributed by atoms with Crippen LogP contribution in [0.5, 0.6) is 11.5 Å². The summed E-state index contributed by atoms with van der Waals surface area (Å²) in [4.78, 5) is 0. The Morgan fingerprint density at radius 3 is 2.46 bits per heavy atom. The van der Waals surface area contributed by atoms with Crippen LogP contribution in [0.25, 0.3) is 0 Å². The van der Waals surface area contributed by atoms with E-state index in [-0.39, 0.29) is 10.4 Å². The van der Waals surface area contributed by atoms with Gasteiger partial charge in [0.25, 0.3) is 0 Å². The van der Waals surface area contributed by atoms with Crippen molar-refractivity contribution in [3.63, 3.8) is 0 Å². The molecule has 1 heterocycles. The monoisotopic (exact) mass is 400 g/mol. The van der Waals surface area contributed by atoms with E-state index in [1.807, 2.05) is 18.2 Å². The summed E-state index contributed by atoms with van der Waals surface area (Å²) in [6, 6.07) is 6.01. The van der Waals surface area contributed by atoms with Gasteiger partial charge < -0.3 is 20.9 Å². The van der Waals surface area contributed by atoms with Crippen LogP contribution in [-0.4, -0.2) is 27.1 Å². The lowest BCUT2D eigenvalue weighted by atomic mass is 10.1. The fraction of sp³-hybridized carbons (Fsp3) is 0.632. The molecule has 0 bridgehead atoms. The second-order valence-corrected chi connectivity index (χ2v) is 8.90. The van der Waals surface area contributed by atoms with Crippen LogP contribution in [0.3, 0.4) is 0 Å². The summed E-state index contributed by atoms with van der Waals surface area (Å²) in [6.07, 6.45) is 8.32. The molecule has 1 aromatic carbocycles. The molecule has 0 saturated carbocycles. The van der Waals surface area contributed by atoms with Crippen LogP contribution in [0.4, 0.5) is 0 Å². The van der Waals surface area contributed by atoms with Crippen molar-refractivity contribution in [3.8, 4) is 11.5 Å². The number of rotatable bonds is 10. The summed E-state index contributed by atoms with van der Waals surface area (Å²) < 4.78 is 23.0. The van der Waals surface area contributed by atoms with Gasteiger partial charge in [0.15, 0.2) is 16.6 Å². The molecule has 0 spiro atoms. The van der Waals surface area contributed by atoms with Gasteiger partial charge in [-0.2, -0.15) is 0 Å². The maximum Gasteiger partial charge on any atom is 0.231 e. The minimum atomic E-state index is -0.743. The van der Waals surface area contributed by atoms with E-state index in [0.29, 0.717) is 6.79 Å². The van der Waals surface area contributed by atoms with Crippen molar-refractivity contribution < 1.29 is 13.7 Å². The Morgan fingerprint density at radius 2 is 1.77 bits per heavy atom. The van der Waals surface area contributed by atoms with E-state index in [9.17, 15) is 4.21 Å². The molecule has 0 radical (unpaired) electrons. The molecule has 2 rings (SSSR count). The van der Waals surface area contributed by atoms with Crippen molar-refractivity contribution >= 4 is 28.1 Å². The van der Waals surface area contributed by atoms with Gasteiger partial charge in [-0.1, -0.05) is 52.0 Å². The number of unbranched alkanes of at least 4 members (excludes halogenated alkanes) is 5. The lowest BCUT2D eigenvalue weighted by Gasteiger charge is -2.12. The van der Waals surface area contributed by atoms with Crippen molar-refractivity contribution in [2.24, 2.45) is 11.5 Å². The molecule has 148 valence electrons. The molecule has 4 N–H and O–H groups in total. The van der Waals surface area contributed by atoms with Crippen molar-refractivity contribution in [1.29, 1.82) is 0 Å². The number of fused-ring (bicyclic) bond motifs is 1. The van der Waals surface area contributed by atoms with E-state index in [2.05, 4.69) is 37.5 Å². The highest BCUT2D eigenvalue weighted by Gasteiger charge is 2.16. The predicted molar refractivity (Wildman–Crippen MR) is 113 cm³/mol. The Hall–Kier alpha value is -1.34. The number of hydrogen-bond acceptors (Lipinski definition) is 4. The molecule has 0 aliphatic carbocycles. The van der Waals surface area contributed by atoms with Gasteiger partial charge >= 0.3 is 0 Å². The van der Waals surface area contributed by atoms with Gasteiger partial charge in [0, 0.05) is 21.8 Å². The number of hydrogen-bond donors (Lipinski definition) is 2. The number of thiocarbonyl (C=S) groups is 1. The highest BCUT2D eigenvalue weighted by Crippen LogP contribution is 2.33. The molecule has 2 unspecified atom stereocenters. The lowest BCUT2D eigenvalue weighted by molar-refractivity contribution is 0.174. The molecule has 1 aliphatic rings. The van der Waals surface area contributed by atoms with Crippen LogP contribution in [0.15, 0.2) is 18.2 Å². The summed E-state index contributed by atoms with van der Waals surface area (Å²) in [7, 11) is -0.743. The van der Waals surface area contributed by atoms with Crippen LogP contribution in [0.1, 0.15) is 57.9 Å². The summed E-state index contributed by atoms with van der Waals surface area (Å²) >= 11 is 4.09. The zero-order valence-corrected chi connectivity index (χ0v) is 17.5. The van der Waals surface area contributed by atoms with Crippen LogP contribution in [0.2, 0.25) is 0 Å². The van der Waals surface area contributed by atoms with E-state index < -0.39 is 10.8 Å². The second kappa shape index (κ2) is 12.9. The van der Waals surface area contributed by atoms with Gasteiger partial charge in [0.05, 0.1) is 0 Å². The maximum absolute atomic E-state index is 12.3. The number of ether oxygens (including phenoxy) is 2. The zero-order valence-electron chi connectivity index (χ0n) is 15.9. The van der Waals surface area contributed by atoms with Crippen molar-refractivity contribution in [1.82, 2.24) is 0 Å². The molecule has 1 aromatic rings. The van der Waals surface area contributed by atoms with E-state index in [4.69, 9.17) is 9.47 Å². The quantitative estimate of drug-likeness (QED) is 0.460. The van der Waals surface area contributed by atoms with Crippen molar-refractivity contribution in [3.05, 3.63) is 23.8 Å². The molecule has 0 saturated heterocycles. The van der Waals surface area contributed by atoms with E-state index in [1.165, 1.54) is 37.7 Å². The topological polar surface area (TPSA) is 87.6 Å². The highest BCUT2D eigenvalue weighted by atomic mass is 32.2. The molecule has 0 amide bonds. The highest BCUT2D eigenvalue weighted by molar-refractivity contribution is 7.85. The van der Waals surface area contributed by atoms with E-state index in [1.54, 1.807) is 0 Å². The first kappa shape index (κ1) is 22.7. The molecule has 0 fully saturated rings. The Bertz CT molecular complexity index is 578. The summed E-state index contributed by atoms with van der Waals surface area (Å²) in [5, 5.41) is 0.191. The predicted octanol–water partition coefficient (Wildman–Crippen LogP) is 3.64. The fourth-order valence-electron chi connectivity index (χ4n) is 2.72. The minimum Gasteiger partial charge on any atom is -0.454 e. The van der Waals surface area contributed by atoms with Crippen LogP contribution in [0, 0.1) is 0 Å². The normalized spacial score (nSPS) is 14.2. The van der Waals surface area contributed by atoms with Crippen molar-refractivity contribution in [2.45, 2.75) is 64.0 Å². The zero-order chi connectivity index (χ0) is 19.4. The van der Waals surface area contributed by atoms with Gasteiger partial charge in [0.2, 0.25) is 6.79 Å². The standard InChI is InChI=1S/C18H28O3S.CH4N2S/c1-3-4-5-6-7-8-11-22(19)15(2)12-16-9-10-17-18(13-16)21-14-20-17;2-1(3)4/h9-10,13,15H,3-8,11-12,14H2,1-2H3;(H4,2,3,4). The third-order valence-corrected chi connectivity index (χ3v) is 5.86. The number of nitrogens with two attached hydrogens (primary N) is 2. The van der Waals surface area contributed by atoms with Gasteiger partial charge in [-0.05, 0) is 42.8 Å². The molecule has 1 aliphatic heterocycles. The fourth-order valence-corrected chi connectivity index (χ4v) is 3.99. The third kappa shape index (κ3) is 9.38.